The van der Waals surface area contributed by atoms with E-state index in [9.17, 15) is 0 Å². The SMILES string of the molecule is CC(C)(N)CCCc1ccccn1. The largest absolute Gasteiger partial charge is 0.326 e. The lowest BCUT2D eigenvalue weighted by molar-refractivity contribution is 0.458. The number of rotatable bonds is 4. The van der Waals surface area contributed by atoms with Crippen molar-refractivity contribution in [1.82, 2.24) is 4.98 Å². The number of aryl methyl sites for hydroxylation is 1. The van der Waals surface area contributed by atoms with Gasteiger partial charge in [-0.15, -0.1) is 0 Å². The molecule has 0 bridgehead atoms. The van der Waals surface area contributed by atoms with Crippen molar-refractivity contribution in [3.63, 3.8) is 0 Å². The van der Waals surface area contributed by atoms with Gasteiger partial charge in [-0.2, -0.15) is 0 Å². The molecule has 0 aliphatic rings. The molecule has 0 aromatic carbocycles. The first-order chi connectivity index (χ1) is 6.08. The Balaban J connectivity index is 2.29. The molecule has 1 rings (SSSR count). The van der Waals surface area contributed by atoms with Crippen molar-refractivity contribution in [2.75, 3.05) is 0 Å². The fourth-order valence-electron chi connectivity index (χ4n) is 1.27. The van der Waals surface area contributed by atoms with Gasteiger partial charge in [-0.05, 0) is 45.2 Å². The number of hydrogen-bond acceptors (Lipinski definition) is 2. The molecular formula is C11H18N2. The summed E-state index contributed by atoms with van der Waals surface area (Å²) in [7, 11) is 0. The molecule has 0 amide bonds. The highest BCUT2D eigenvalue weighted by Crippen LogP contribution is 2.09. The molecule has 1 aromatic heterocycles. The van der Waals surface area contributed by atoms with Gasteiger partial charge in [0.2, 0.25) is 0 Å². The van der Waals surface area contributed by atoms with Gasteiger partial charge in [0.05, 0.1) is 0 Å². The Morgan fingerprint density at radius 2 is 2.15 bits per heavy atom. The maximum atomic E-state index is 5.88. The molecule has 72 valence electrons. The second-order valence-electron chi connectivity index (χ2n) is 4.16. The van der Waals surface area contributed by atoms with Crippen molar-refractivity contribution in [3.8, 4) is 0 Å². The number of pyridine rings is 1. The van der Waals surface area contributed by atoms with Crippen LogP contribution in [-0.2, 0) is 6.42 Å². The van der Waals surface area contributed by atoms with Crippen molar-refractivity contribution >= 4 is 0 Å². The molecule has 0 spiro atoms. The maximum absolute atomic E-state index is 5.88. The molecule has 0 saturated carbocycles. The number of hydrogen-bond donors (Lipinski definition) is 1. The minimum Gasteiger partial charge on any atom is -0.326 e. The fourth-order valence-corrected chi connectivity index (χ4v) is 1.27. The summed E-state index contributed by atoms with van der Waals surface area (Å²) in [6.07, 6.45) is 5.02. The monoisotopic (exact) mass is 178 g/mol. The smallest absolute Gasteiger partial charge is 0.0403 e. The van der Waals surface area contributed by atoms with Crippen LogP contribution in [0.5, 0.6) is 0 Å². The Kier molecular flexibility index (Phi) is 3.43. The first kappa shape index (κ1) is 10.2. The molecule has 0 fully saturated rings. The van der Waals surface area contributed by atoms with Crippen LogP contribution in [0, 0.1) is 0 Å². The van der Waals surface area contributed by atoms with Crippen LogP contribution in [0.25, 0.3) is 0 Å². The third-order valence-corrected chi connectivity index (χ3v) is 1.98. The van der Waals surface area contributed by atoms with E-state index in [4.69, 9.17) is 5.73 Å². The van der Waals surface area contributed by atoms with Crippen LogP contribution in [0.15, 0.2) is 24.4 Å². The summed E-state index contributed by atoms with van der Waals surface area (Å²) in [6, 6.07) is 6.02. The highest BCUT2D eigenvalue weighted by Gasteiger charge is 2.09. The first-order valence-corrected chi connectivity index (χ1v) is 4.77. The number of nitrogens with zero attached hydrogens (tertiary/aromatic N) is 1. The van der Waals surface area contributed by atoms with E-state index in [2.05, 4.69) is 24.9 Å². The Hall–Kier alpha value is -0.890. The van der Waals surface area contributed by atoms with Gasteiger partial charge in [-0.3, -0.25) is 4.98 Å². The third kappa shape index (κ3) is 4.63. The van der Waals surface area contributed by atoms with E-state index < -0.39 is 0 Å². The van der Waals surface area contributed by atoms with E-state index in [1.165, 1.54) is 0 Å². The van der Waals surface area contributed by atoms with Crippen LogP contribution in [0.1, 0.15) is 32.4 Å². The van der Waals surface area contributed by atoms with Crippen LogP contribution in [0.2, 0.25) is 0 Å². The summed E-state index contributed by atoms with van der Waals surface area (Å²) in [5.41, 5.74) is 6.99. The first-order valence-electron chi connectivity index (χ1n) is 4.77. The van der Waals surface area contributed by atoms with Crippen molar-refractivity contribution in [3.05, 3.63) is 30.1 Å². The van der Waals surface area contributed by atoms with E-state index in [1.807, 2.05) is 18.3 Å². The van der Waals surface area contributed by atoms with Crippen LogP contribution in [0.3, 0.4) is 0 Å². The van der Waals surface area contributed by atoms with Gasteiger partial charge in [-0.1, -0.05) is 6.07 Å². The van der Waals surface area contributed by atoms with Gasteiger partial charge in [-0.25, -0.2) is 0 Å². The quantitative estimate of drug-likeness (QED) is 0.767. The Bertz CT molecular complexity index is 236. The summed E-state index contributed by atoms with van der Waals surface area (Å²) in [6.45, 7) is 4.12. The molecule has 0 aliphatic carbocycles. The summed E-state index contributed by atoms with van der Waals surface area (Å²) in [5, 5.41) is 0. The summed E-state index contributed by atoms with van der Waals surface area (Å²) >= 11 is 0. The zero-order valence-electron chi connectivity index (χ0n) is 8.46. The van der Waals surface area contributed by atoms with Gasteiger partial charge in [0.15, 0.2) is 0 Å². The fraction of sp³-hybridized carbons (Fsp3) is 0.545. The predicted octanol–water partition coefficient (Wildman–Crippen LogP) is 2.14. The van der Waals surface area contributed by atoms with E-state index in [0.717, 1.165) is 25.0 Å². The number of nitrogens with two attached hydrogens (primary N) is 1. The zero-order chi connectivity index (χ0) is 9.73. The van der Waals surface area contributed by atoms with E-state index in [1.54, 1.807) is 0 Å². The van der Waals surface area contributed by atoms with Crippen LogP contribution >= 0.6 is 0 Å². The molecule has 0 atom stereocenters. The minimum atomic E-state index is -0.0468. The van der Waals surface area contributed by atoms with Crippen LogP contribution < -0.4 is 5.73 Å². The van der Waals surface area contributed by atoms with Gasteiger partial charge < -0.3 is 5.73 Å². The molecule has 2 nitrogen and oxygen atoms in total. The normalized spacial score (nSPS) is 11.6. The predicted molar refractivity (Wildman–Crippen MR) is 55.4 cm³/mol. The molecule has 0 unspecified atom stereocenters. The van der Waals surface area contributed by atoms with Crippen LogP contribution in [0.4, 0.5) is 0 Å². The zero-order valence-corrected chi connectivity index (χ0v) is 8.46. The van der Waals surface area contributed by atoms with Gasteiger partial charge in [0, 0.05) is 17.4 Å². The lowest BCUT2D eigenvalue weighted by Gasteiger charge is -2.17. The van der Waals surface area contributed by atoms with Crippen molar-refractivity contribution < 1.29 is 0 Å². The van der Waals surface area contributed by atoms with Crippen LogP contribution in [-0.4, -0.2) is 10.5 Å². The summed E-state index contributed by atoms with van der Waals surface area (Å²) in [5.74, 6) is 0. The molecule has 0 saturated heterocycles. The standard InChI is InChI=1S/C11H18N2/c1-11(2,12)8-5-7-10-6-3-4-9-13-10/h3-4,6,9H,5,7-8,12H2,1-2H3. The van der Waals surface area contributed by atoms with Crippen molar-refractivity contribution in [2.24, 2.45) is 5.73 Å². The van der Waals surface area contributed by atoms with E-state index >= 15 is 0 Å². The molecule has 1 heterocycles. The molecule has 1 aromatic rings. The molecule has 13 heavy (non-hydrogen) atoms. The van der Waals surface area contributed by atoms with Crippen molar-refractivity contribution in [2.45, 2.75) is 38.6 Å². The average molecular weight is 178 g/mol. The second-order valence-corrected chi connectivity index (χ2v) is 4.16. The topological polar surface area (TPSA) is 38.9 Å². The van der Waals surface area contributed by atoms with E-state index in [-0.39, 0.29) is 5.54 Å². The molecule has 2 heteroatoms. The second kappa shape index (κ2) is 4.38. The third-order valence-electron chi connectivity index (χ3n) is 1.98. The van der Waals surface area contributed by atoms with Gasteiger partial charge in [0.1, 0.15) is 0 Å². The highest BCUT2D eigenvalue weighted by molar-refractivity contribution is 5.03. The lowest BCUT2D eigenvalue weighted by Crippen LogP contribution is -2.31. The minimum absolute atomic E-state index is 0.0468. The molecule has 0 aliphatic heterocycles. The summed E-state index contributed by atoms with van der Waals surface area (Å²) < 4.78 is 0. The van der Waals surface area contributed by atoms with Gasteiger partial charge in [0.25, 0.3) is 0 Å². The lowest BCUT2D eigenvalue weighted by atomic mass is 9.98. The van der Waals surface area contributed by atoms with Crippen molar-refractivity contribution in [1.29, 1.82) is 0 Å². The summed E-state index contributed by atoms with van der Waals surface area (Å²) in [4.78, 5) is 4.26. The number of aromatic nitrogens is 1. The van der Waals surface area contributed by atoms with E-state index in [0.29, 0.717) is 0 Å². The Labute approximate surface area is 80.2 Å². The Morgan fingerprint density at radius 3 is 2.69 bits per heavy atom. The average Bonchev–Trinajstić information content (AvgIpc) is 2.04. The maximum Gasteiger partial charge on any atom is 0.0403 e. The van der Waals surface area contributed by atoms with Gasteiger partial charge >= 0.3 is 0 Å². The Morgan fingerprint density at radius 1 is 1.38 bits per heavy atom. The highest BCUT2D eigenvalue weighted by atomic mass is 14.7. The molecule has 0 radical (unpaired) electrons. The molecular weight excluding hydrogens is 160 g/mol. The molecule has 2 N–H and O–H groups in total.